The molecule has 0 spiro atoms. The Bertz CT molecular complexity index is 145. The average Bonchev–Trinajstić information content (AvgIpc) is 2.31. The maximum absolute atomic E-state index is 10.9. The van der Waals surface area contributed by atoms with E-state index in [1.165, 1.54) is 0 Å². The zero-order valence-electron chi connectivity index (χ0n) is 5.80. The van der Waals surface area contributed by atoms with E-state index in [9.17, 15) is 9.59 Å². The zero-order valence-corrected chi connectivity index (χ0v) is 5.80. The standard InChI is InChI=1S/C7H11NO2/c9-5-1-2-6-3-4-8-7(6)10/h5-6H,1-4H2,(H,8,10)/t6-/m1/s1. The highest BCUT2D eigenvalue weighted by molar-refractivity contribution is 5.80. The molecular weight excluding hydrogens is 130 g/mol. The fourth-order valence-corrected chi connectivity index (χ4v) is 1.19. The molecule has 56 valence electrons. The molecule has 3 nitrogen and oxygen atoms in total. The second-order valence-electron chi connectivity index (χ2n) is 2.52. The highest BCUT2D eigenvalue weighted by atomic mass is 16.2. The first-order valence-electron chi connectivity index (χ1n) is 3.56. The van der Waals surface area contributed by atoms with E-state index in [0.717, 1.165) is 25.7 Å². The number of hydrogen-bond acceptors (Lipinski definition) is 2. The smallest absolute Gasteiger partial charge is 0.223 e. The van der Waals surface area contributed by atoms with Crippen LogP contribution >= 0.6 is 0 Å². The average molecular weight is 141 g/mol. The molecule has 0 aromatic carbocycles. The van der Waals surface area contributed by atoms with Gasteiger partial charge in [0.25, 0.3) is 0 Å². The lowest BCUT2D eigenvalue weighted by atomic mass is 10.0. The van der Waals surface area contributed by atoms with Crippen LogP contribution in [-0.2, 0) is 9.59 Å². The van der Waals surface area contributed by atoms with Crippen molar-refractivity contribution in [2.24, 2.45) is 5.92 Å². The molecular formula is C7H11NO2. The van der Waals surface area contributed by atoms with Gasteiger partial charge in [0.1, 0.15) is 6.29 Å². The van der Waals surface area contributed by atoms with Gasteiger partial charge in [-0.2, -0.15) is 0 Å². The lowest BCUT2D eigenvalue weighted by Crippen LogP contribution is -2.18. The van der Waals surface area contributed by atoms with Gasteiger partial charge in [0.05, 0.1) is 0 Å². The van der Waals surface area contributed by atoms with Gasteiger partial charge < -0.3 is 10.1 Å². The minimum Gasteiger partial charge on any atom is -0.356 e. The number of carbonyl (C=O) groups is 2. The highest BCUT2D eigenvalue weighted by Crippen LogP contribution is 2.14. The first-order valence-corrected chi connectivity index (χ1v) is 3.56. The van der Waals surface area contributed by atoms with Crippen molar-refractivity contribution >= 4 is 12.2 Å². The van der Waals surface area contributed by atoms with E-state index in [1.54, 1.807) is 0 Å². The first-order chi connectivity index (χ1) is 4.84. The fraction of sp³-hybridized carbons (Fsp3) is 0.714. The second-order valence-corrected chi connectivity index (χ2v) is 2.52. The zero-order chi connectivity index (χ0) is 7.40. The Balaban J connectivity index is 2.26. The van der Waals surface area contributed by atoms with Crippen LogP contribution in [0.4, 0.5) is 0 Å². The Morgan fingerprint density at radius 2 is 2.50 bits per heavy atom. The van der Waals surface area contributed by atoms with Crippen LogP contribution in [-0.4, -0.2) is 18.7 Å². The highest BCUT2D eigenvalue weighted by Gasteiger charge is 2.22. The number of hydrogen-bond donors (Lipinski definition) is 1. The number of carbonyl (C=O) groups excluding carboxylic acids is 2. The van der Waals surface area contributed by atoms with Gasteiger partial charge in [0, 0.05) is 18.9 Å². The van der Waals surface area contributed by atoms with E-state index in [1.807, 2.05) is 0 Å². The summed E-state index contributed by atoms with van der Waals surface area (Å²) in [6, 6.07) is 0. The van der Waals surface area contributed by atoms with E-state index < -0.39 is 0 Å². The van der Waals surface area contributed by atoms with Crippen LogP contribution in [0.2, 0.25) is 0 Å². The van der Waals surface area contributed by atoms with E-state index in [0.29, 0.717) is 6.42 Å². The summed E-state index contributed by atoms with van der Waals surface area (Å²) in [6.07, 6.45) is 2.99. The van der Waals surface area contributed by atoms with Gasteiger partial charge in [-0.25, -0.2) is 0 Å². The van der Waals surface area contributed by atoms with Gasteiger partial charge in [0.15, 0.2) is 0 Å². The van der Waals surface area contributed by atoms with Crippen LogP contribution in [0.25, 0.3) is 0 Å². The predicted octanol–water partition coefficient (Wildman–Crippen LogP) is 0.102. The maximum Gasteiger partial charge on any atom is 0.223 e. The summed E-state index contributed by atoms with van der Waals surface area (Å²) >= 11 is 0. The molecule has 3 heteroatoms. The SMILES string of the molecule is O=CCC[C@@H]1CCNC1=O. The van der Waals surface area contributed by atoms with Crippen LogP contribution < -0.4 is 5.32 Å². The summed E-state index contributed by atoms with van der Waals surface area (Å²) in [6.45, 7) is 0.780. The summed E-state index contributed by atoms with van der Waals surface area (Å²) in [7, 11) is 0. The maximum atomic E-state index is 10.9. The number of aldehydes is 1. The second kappa shape index (κ2) is 3.34. The number of amides is 1. The van der Waals surface area contributed by atoms with Crippen molar-refractivity contribution in [3.8, 4) is 0 Å². The molecule has 1 amide bonds. The lowest BCUT2D eigenvalue weighted by Gasteiger charge is -2.00. The molecule has 1 aliphatic rings. The van der Waals surface area contributed by atoms with Crippen LogP contribution in [0.1, 0.15) is 19.3 Å². The molecule has 0 unspecified atom stereocenters. The first kappa shape index (κ1) is 7.25. The molecule has 0 aromatic heterocycles. The molecule has 1 N–H and O–H groups in total. The Morgan fingerprint density at radius 3 is 3.00 bits per heavy atom. The largest absolute Gasteiger partial charge is 0.356 e. The monoisotopic (exact) mass is 141 g/mol. The van der Waals surface area contributed by atoms with E-state index in [2.05, 4.69) is 5.32 Å². The Labute approximate surface area is 59.8 Å². The summed E-state index contributed by atoms with van der Waals surface area (Å²) in [5.74, 6) is 0.215. The quantitative estimate of drug-likeness (QED) is 0.567. The van der Waals surface area contributed by atoms with Crippen molar-refractivity contribution in [2.75, 3.05) is 6.54 Å². The molecule has 1 aliphatic heterocycles. The molecule has 1 heterocycles. The van der Waals surface area contributed by atoms with Gasteiger partial charge in [-0.1, -0.05) is 0 Å². The Kier molecular flexibility index (Phi) is 2.42. The summed E-state index contributed by atoms with van der Waals surface area (Å²) < 4.78 is 0. The van der Waals surface area contributed by atoms with Crippen LogP contribution in [0.5, 0.6) is 0 Å². The van der Waals surface area contributed by atoms with Crippen molar-refractivity contribution in [1.29, 1.82) is 0 Å². The molecule has 0 aliphatic carbocycles. The normalized spacial score (nSPS) is 24.4. The van der Waals surface area contributed by atoms with Crippen molar-refractivity contribution in [3.63, 3.8) is 0 Å². The topological polar surface area (TPSA) is 46.2 Å². The van der Waals surface area contributed by atoms with Crippen LogP contribution in [0.3, 0.4) is 0 Å². The van der Waals surface area contributed by atoms with E-state index >= 15 is 0 Å². The van der Waals surface area contributed by atoms with Crippen LogP contribution in [0.15, 0.2) is 0 Å². The minimum absolute atomic E-state index is 0.102. The molecule has 0 aromatic rings. The van der Waals surface area contributed by atoms with Gasteiger partial charge in [0.2, 0.25) is 5.91 Å². The molecule has 0 saturated carbocycles. The van der Waals surface area contributed by atoms with Crippen molar-refractivity contribution in [3.05, 3.63) is 0 Å². The van der Waals surface area contributed by atoms with E-state index in [4.69, 9.17) is 0 Å². The van der Waals surface area contributed by atoms with Crippen molar-refractivity contribution < 1.29 is 9.59 Å². The minimum atomic E-state index is 0.102. The summed E-state index contributed by atoms with van der Waals surface area (Å²) in [5, 5.41) is 2.72. The van der Waals surface area contributed by atoms with Gasteiger partial charge in [-0.05, 0) is 12.8 Å². The predicted molar refractivity (Wildman–Crippen MR) is 36.4 cm³/mol. The third-order valence-electron chi connectivity index (χ3n) is 1.80. The third kappa shape index (κ3) is 1.56. The van der Waals surface area contributed by atoms with Crippen molar-refractivity contribution in [1.82, 2.24) is 5.32 Å². The van der Waals surface area contributed by atoms with Gasteiger partial charge >= 0.3 is 0 Å². The van der Waals surface area contributed by atoms with Gasteiger partial charge in [-0.15, -0.1) is 0 Å². The van der Waals surface area contributed by atoms with Gasteiger partial charge in [-0.3, -0.25) is 4.79 Å². The summed E-state index contributed by atoms with van der Waals surface area (Å²) in [4.78, 5) is 20.8. The molecule has 10 heavy (non-hydrogen) atoms. The Morgan fingerprint density at radius 1 is 1.70 bits per heavy atom. The fourth-order valence-electron chi connectivity index (χ4n) is 1.19. The van der Waals surface area contributed by atoms with Crippen molar-refractivity contribution in [2.45, 2.75) is 19.3 Å². The molecule has 0 bridgehead atoms. The molecule has 0 radical (unpaired) electrons. The summed E-state index contributed by atoms with van der Waals surface area (Å²) in [5.41, 5.74) is 0. The van der Waals surface area contributed by atoms with E-state index in [-0.39, 0.29) is 11.8 Å². The molecule has 1 atom stereocenters. The molecule has 1 rings (SSSR count). The van der Waals surface area contributed by atoms with Crippen LogP contribution in [0, 0.1) is 5.92 Å². The molecule has 1 saturated heterocycles. The lowest BCUT2D eigenvalue weighted by molar-refractivity contribution is -0.122. The number of nitrogens with one attached hydrogen (secondary N) is 1. The number of rotatable bonds is 3. The third-order valence-corrected chi connectivity index (χ3v) is 1.80. The molecule has 1 fully saturated rings. The Hall–Kier alpha value is -0.860.